The molecular weight excluding hydrogens is 446 g/mol. The molecule has 2 amide bonds. The van der Waals surface area contributed by atoms with E-state index in [2.05, 4.69) is 10.3 Å². The zero-order valence-electron chi connectivity index (χ0n) is 18.0. The molecule has 0 unspecified atom stereocenters. The van der Waals surface area contributed by atoms with E-state index in [0.29, 0.717) is 13.0 Å². The Morgan fingerprint density at radius 3 is 2.56 bits per heavy atom. The van der Waals surface area contributed by atoms with Gasteiger partial charge >= 0.3 is 0 Å². The highest BCUT2D eigenvalue weighted by Gasteiger charge is 2.42. The van der Waals surface area contributed by atoms with Crippen molar-refractivity contribution in [3.63, 3.8) is 0 Å². The largest absolute Gasteiger partial charge is 0.352 e. The van der Waals surface area contributed by atoms with Gasteiger partial charge in [-0.1, -0.05) is 29.8 Å². The topological polar surface area (TPSA) is 96.4 Å². The van der Waals surface area contributed by atoms with Crippen molar-refractivity contribution in [1.82, 2.24) is 14.6 Å². The van der Waals surface area contributed by atoms with Crippen molar-refractivity contribution in [1.29, 1.82) is 0 Å². The quantitative estimate of drug-likeness (QED) is 0.595. The van der Waals surface area contributed by atoms with Crippen LogP contribution in [0.4, 0.5) is 0 Å². The van der Waals surface area contributed by atoms with Gasteiger partial charge in [0.15, 0.2) is 0 Å². The van der Waals surface area contributed by atoms with Crippen LogP contribution in [-0.4, -0.2) is 42.1 Å². The average Bonchev–Trinajstić information content (AvgIpc) is 3.29. The summed E-state index contributed by atoms with van der Waals surface area (Å²) in [5.41, 5.74) is 3.42. The number of aromatic nitrogens is 1. The molecule has 0 fully saturated rings. The number of sulfonamides is 1. The Hall–Kier alpha value is -3.04. The first-order valence-corrected chi connectivity index (χ1v) is 12.5. The molecule has 0 saturated heterocycles. The predicted octanol–water partition coefficient (Wildman–Crippen LogP) is 3.64. The van der Waals surface area contributed by atoms with Crippen LogP contribution in [-0.2, 0) is 16.4 Å². The van der Waals surface area contributed by atoms with E-state index in [1.165, 1.54) is 23.8 Å². The minimum Gasteiger partial charge on any atom is -0.352 e. The highest BCUT2D eigenvalue weighted by Crippen LogP contribution is 2.32. The molecule has 0 bridgehead atoms. The third-order valence-corrected chi connectivity index (χ3v) is 8.14. The second-order valence-corrected chi connectivity index (χ2v) is 10.6. The molecule has 9 heteroatoms. The monoisotopic (exact) mass is 469 g/mol. The number of nitrogens with zero attached hydrogens (tertiary/aromatic N) is 2. The number of hydrogen-bond donors (Lipinski definition) is 1. The molecule has 0 saturated carbocycles. The van der Waals surface area contributed by atoms with E-state index < -0.39 is 27.9 Å². The Morgan fingerprint density at radius 2 is 1.88 bits per heavy atom. The molecule has 2 aromatic carbocycles. The number of carbonyl (C=O) groups is 2. The summed E-state index contributed by atoms with van der Waals surface area (Å²) in [5, 5.41) is 5.69. The maximum atomic E-state index is 12.7. The third kappa shape index (κ3) is 4.05. The third-order valence-electron chi connectivity index (χ3n) is 5.20. The maximum Gasteiger partial charge on any atom is 0.269 e. The second kappa shape index (κ2) is 8.48. The first kappa shape index (κ1) is 22.2. The average molecular weight is 470 g/mol. The summed E-state index contributed by atoms with van der Waals surface area (Å²) >= 11 is 1.55. The fourth-order valence-corrected chi connectivity index (χ4v) is 6.21. The molecule has 4 rings (SSSR count). The van der Waals surface area contributed by atoms with Gasteiger partial charge in [-0.25, -0.2) is 17.7 Å². The van der Waals surface area contributed by atoms with Crippen LogP contribution in [0, 0.1) is 6.92 Å². The lowest BCUT2D eigenvalue weighted by atomic mass is 10.1. The Balaban J connectivity index is 1.42. The molecule has 0 spiro atoms. The summed E-state index contributed by atoms with van der Waals surface area (Å²) in [5.74, 6) is -0.956. The summed E-state index contributed by atoms with van der Waals surface area (Å²) in [7, 11) is -3.95. The van der Waals surface area contributed by atoms with Crippen LogP contribution in [0.2, 0.25) is 0 Å². The minimum atomic E-state index is -3.95. The number of benzene rings is 2. The summed E-state index contributed by atoms with van der Waals surface area (Å²) in [4.78, 5) is 29.5. The van der Waals surface area contributed by atoms with E-state index in [0.717, 1.165) is 20.6 Å². The molecule has 1 N–H and O–H groups in total. The summed E-state index contributed by atoms with van der Waals surface area (Å²) in [6, 6.07) is 11.8. The molecular formula is C23H23N3O4S2. The van der Waals surface area contributed by atoms with E-state index in [1.807, 2.05) is 36.6 Å². The van der Waals surface area contributed by atoms with Crippen molar-refractivity contribution in [3.8, 4) is 10.6 Å². The predicted molar refractivity (Wildman–Crippen MR) is 123 cm³/mol. The van der Waals surface area contributed by atoms with E-state index in [-0.39, 0.29) is 16.0 Å². The SMILES string of the molecule is Cc1ccc(-c2nc(CCNC(=O)c3ccc4c(c3)S(=O)(=O)N(C(C)C)C4=O)cs2)cc1. The Morgan fingerprint density at radius 1 is 1.16 bits per heavy atom. The van der Waals surface area contributed by atoms with Gasteiger partial charge in [-0.15, -0.1) is 11.3 Å². The minimum absolute atomic E-state index is 0.0985. The van der Waals surface area contributed by atoms with E-state index >= 15 is 0 Å². The number of amides is 2. The van der Waals surface area contributed by atoms with Gasteiger partial charge in [-0.2, -0.15) is 0 Å². The van der Waals surface area contributed by atoms with E-state index in [1.54, 1.807) is 25.2 Å². The van der Waals surface area contributed by atoms with Crippen molar-refractivity contribution < 1.29 is 18.0 Å². The van der Waals surface area contributed by atoms with Crippen molar-refractivity contribution >= 4 is 33.2 Å². The molecule has 7 nitrogen and oxygen atoms in total. The summed E-state index contributed by atoms with van der Waals surface area (Å²) < 4.78 is 26.3. The van der Waals surface area contributed by atoms with Gasteiger partial charge in [0, 0.05) is 35.5 Å². The maximum absolute atomic E-state index is 12.7. The Kier molecular flexibility index (Phi) is 5.87. The summed E-state index contributed by atoms with van der Waals surface area (Å²) in [6.07, 6.45) is 0.553. The van der Waals surface area contributed by atoms with Crippen molar-refractivity contribution in [3.05, 3.63) is 70.2 Å². The highest BCUT2D eigenvalue weighted by atomic mass is 32.2. The molecule has 32 heavy (non-hydrogen) atoms. The second-order valence-electron chi connectivity index (χ2n) is 7.93. The van der Waals surface area contributed by atoms with Gasteiger partial charge in [-0.05, 0) is 39.0 Å². The lowest BCUT2D eigenvalue weighted by molar-refractivity contribution is 0.0845. The van der Waals surface area contributed by atoms with E-state index in [4.69, 9.17) is 0 Å². The Labute approximate surface area is 191 Å². The number of fused-ring (bicyclic) bond motifs is 1. The van der Waals surface area contributed by atoms with Crippen molar-refractivity contribution in [2.24, 2.45) is 0 Å². The van der Waals surface area contributed by atoms with Gasteiger partial charge in [0.05, 0.1) is 11.3 Å². The van der Waals surface area contributed by atoms with Crippen LogP contribution >= 0.6 is 11.3 Å². The Bertz CT molecular complexity index is 1300. The van der Waals surface area contributed by atoms with Gasteiger partial charge < -0.3 is 5.32 Å². The van der Waals surface area contributed by atoms with Crippen LogP contribution in [0.1, 0.15) is 45.8 Å². The standard InChI is InChI=1S/C23H23N3O4S2/c1-14(2)26-23(28)19-9-8-17(12-20(19)32(26,29)30)21(27)24-11-10-18-13-31-22(25-18)16-6-4-15(3)5-7-16/h4-9,12-14H,10-11H2,1-3H3,(H,24,27). The number of carbonyl (C=O) groups excluding carboxylic acids is 2. The molecule has 0 aliphatic carbocycles. The number of hydrogen-bond acceptors (Lipinski definition) is 6. The zero-order chi connectivity index (χ0) is 23.0. The van der Waals surface area contributed by atoms with Gasteiger partial charge in [0.25, 0.3) is 21.8 Å². The normalized spacial score (nSPS) is 14.6. The zero-order valence-corrected chi connectivity index (χ0v) is 19.6. The van der Waals surface area contributed by atoms with E-state index in [9.17, 15) is 18.0 Å². The molecule has 0 atom stereocenters. The lowest BCUT2D eigenvalue weighted by Gasteiger charge is -2.18. The van der Waals surface area contributed by atoms with Crippen LogP contribution in [0.15, 0.2) is 52.7 Å². The number of rotatable bonds is 6. The highest BCUT2D eigenvalue weighted by molar-refractivity contribution is 7.90. The van der Waals surface area contributed by atoms with Crippen molar-refractivity contribution in [2.75, 3.05) is 6.54 Å². The fourth-order valence-electron chi connectivity index (χ4n) is 3.56. The first-order chi connectivity index (χ1) is 15.2. The lowest BCUT2D eigenvalue weighted by Crippen LogP contribution is -2.36. The molecule has 1 aliphatic heterocycles. The van der Waals surface area contributed by atoms with Gasteiger partial charge in [0.1, 0.15) is 9.90 Å². The number of nitrogens with one attached hydrogen (secondary N) is 1. The van der Waals surface area contributed by atoms with Crippen LogP contribution in [0.3, 0.4) is 0 Å². The molecule has 166 valence electrons. The number of thiazole rings is 1. The first-order valence-electron chi connectivity index (χ1n) is 10.2. The molecule has 3 aromatic rings. The van der Waals surface area contributed by atoms with Gasteiger partial charge in [0.2, 0.25) is 0 Å². The van der Waals surface area contributed by atoms with Crippen LogP contribution in [0.5, 0.6) is 0 Å². The van der Waals surface area contributed by atoms with Crippen LogP contribution in [0.25, 0.3) is 10.6 Å². The molecule has 0 radical (unpaired) electrons. The summed E-state index contributed by atoms with van der Waals surface area (Å²) in [6.45, 7) is 5.67. The number of aryl methyl sites for hydroxylation is 1. The molecule has 1 aromatic heterocycles. The fraction of sp³-hybridized carbons (Fsp3) is 0.261. The van der Waals surface area contributed by atoms with Crippen molar-refractivity contribution in [2.45, 2.75) is 38.1 Å². The van der Waals surface area contributed by atoms with Gasteiger partial charge in [-0.3, -0.25) is 9.59 Å². The smallest absolute Gasteiger partial charge is 0.269 e. The molecule has 2 heterocycles. The van der Waals surface area contributed by atoms with Crippen LogP contribution < -0.4 is 5.32 Å². The molecule has 1 aliphatic rings.